The molecule has 0 saturated heterocycles. The quantitative estimate of drug-likeness (QED) is 0.725. The van der Waals surface area contributed by atoms with E-state index < -0.39 is 8.25 Å². The third kappa shape index (κ3) is 4.94. The second kappa shape index (κ2) is 6.89. The van der Waals surface area contributed by atoms with E-state index in [0.717, 1.165) is 0 Å². The van der Waals surface area contributed by atoms with Gasteiger partial charge in [-0.3, -0.25) is 0 Å². The highest BCUT2D eigenvalue weighted by Gasteiger charge is 1.92. The molecule has 3 nitrogen and oxygen atoms in total. The molecule has 0 amide bonds. The Morgan fingerprint density at radius 2 is 1.75 bits per heavy atom. The fraction of sp³-hybridized carbons (Fsp3) is 0.250. The van der Waals surface area contributed by atoms with Gasteiger partial charge in [0.2, 0.25) is 0 Å². The molecular formula is C8H13O3P. The summed E-state index contributed by atoms with van der Waals surface area (Å²) in [5, 5.41) is 0. The zero-order valence-electron chi connectivity index (χ0n) is 7.15. The van der Waals surface area contributed by atoms with Gasteiger partial charge < -0.3 is 9.42 Å². The van der Waals surface area contributed by atoms with E-state index >= 15 is 0 Å². The summed E-state index contributed by atoms with van der Waals surface area (Å²) in [6, 6.07) is 8.53. The molecule has 0 aliphatic carbocycles. The maximum atomic E-state index is 10.1. The Bertz CT molecular complexity index is 223. The van der Waals surface area contributed by atoms with Gasteiger partial charge in [0.25, 0.3) is 0 Å². The second-order valence-corrected chi connectivity index (χ2v) is 2.42. The van der Waals surface area contributed by atoms with Crippen LogP contribution in [0.5, 0.6) is 5.75 Å². The zero-order chi connectivity index (χ0) is 9.40. The monoisotopic (exact) mass is 188 g/mol. The van der Waals surface area contributed by atoms with Crippen molar-refractivity contribution in [3.05, 3.63) is 30.3 Å². The highest BCUT2D eigenvalue weighted by molar-refractivity contribution is 7.32. The highest BCUT2D eigenvalue weighted by Crippen LogP contribution is 2.21. The third-order valence-corrected chi connectivity index (χ3v) is 1.36. The first kappa shape index (κ1) is 11.2. The molecule has 1 N–H and O–H groups in total. The third-order valence-electron chi connectivity index (χ3n) is 0.948. The molecule has 68 valence electrons. The molecule has 0 aromatic heterocycles. The molecule has 1 aromatic rings. The molecule has 0 fully saturated rings. The van der Waals surface area contributed by atoms with Crippen molar-refractivity contribution < 1.29 is 14.0 Å². The van der Waals surface area contributed by atoms with Crippen LogP contribution in [0.2, 0.25) is 0 Å². The largest absolute Gasteiger partial charge is 0.426 e. The minimum Gasteiger partial charge on any atom is -0.426 e. The van der Waals surface area contributed by atoms with Crippen LogP contribution < -0.4 is 4.52 Å². The summed E-state index contributed by atoms with van der Waals surface area (Å²) >= 11 is 0. The van der Waals surface area contributed by atoms with Crippen molar-refractivity contribution in [3.8, 4) is 5.75 Å². The van der Waals surface area contributed by atoms with E-state index in [-0.39, 0.29) is 0 Å². The number of hydrogen-bond donors (Lipinski definition) is 1. The van der Waals surface area contributed by atoms with Gasteiger partial charge in [-0.15, -0.1) is 0 Å². The van der Waals surface area contributed by atoms with Crippen LogP contribution in [-0.4, -0.2) is 4.89 Å². The topological polar surface area (TPSA) is 46.5 Å². The lowest BCUT2D eigenvalue weighted by Crippen LogP contribution is -1.77. The van der Waals surface area contributed by atoms with Crippen molar-refractivity contribution in [1.29, 1.82) is 0 Å². The van der Waals surface area contributed by atoms with Crippen LogP contribution in [0.4, 0.5) is 0 Å². The molecule has 1 aromatic carbocycles. The first-order chi connectivity index (χ1) is 5.79. The van der Waals surface area contributed by atoms with Crippen LogP contribution in [-0.2, 0) is 4.57 Å². The summed E-state index contributed by atoms with van der Waals surface area (Å²) in [4.78, 5) is 8.33. The van der Waals surface area contributed by atoms with Gasteiger partial charge in [-0.25, -0.2) is 4.57 Å². The van der Waals surface area contributed by atoms with Gasteiger partial charge in [0.1, 0.15) is 5.75 Å². The lowest BCUT2D eigenvalue weighted by atomic mass is 10.3. The molecule has 0 aliphatic rings. The van der Waals surface area contributed by atoms with E-state index in [1.165, 1.54) is 0 Å². The maximum Gasteiger partial charge on any atom is 0.365 e. The van der Waals surface area contributed by atoms with Crippen LogP contribution in [0.3, 0.4) is 0 Å². The Balaban J connectivity index is 0.000000561. The Hall–Kier alpha value is -0.790. The molecule has 1 rings (SSSR count). The summed E-state index contributed by atoms with van der Waals surface area (Å²) in [5.41, 5.74) is 0. The molecular weight excluding hydrogens is 175 g/mol. The molecule has 0 spiro atoms. The van der Waals surface area contributed by atoms with Gasteiger partial charge in [0.05, 0.1) is 0 Å². The summed E-state index contributed by atoms with van der Waals surface area (Å²) in [7, 11) is -2.84. The van der Waals surface area contributed by atoms with Crippen molar-refractivity contribution in [2.45, 2.75) is 13.8 Å². The molecule has 0 heterocycles. The minimum atomic E-state index is -2.84. The average molecular weight is 188 g/mol. The zero-order valence-corrected chi connectivity index (χ0v) is 8.15. The Labute approximate surface area is 73.0 Å². The average Bonchev–Trinajstić information content (AvgIpc) is 2.08. The van der Waals surface area contributed by atoms with Gasteiger partial charge in [-0.2, -0.15) is 0 Å². The summed E-state index contributed by atoms with van der Waals surface area (Å²) in [5.74, 6) is 0.425. The van der Waals surface area contributed by atoms with E-state index in [9.17, 15) is 4.57 Å². The van der Waals surface area contributed by atoms with Gasteiger partial charge in [0, 0.05) is 0 Å². The van der Waals surface area contributed by atoms with Gasteiger partial charge >= 0.3 is 8.25 Å². The van der Waals surface area contributed by atoms with Crippen LogP contribution in [0.15, 0.2) is 30.3 Å². The van der Waals surface area contributed by atoms with Gasteiger partial charge in [-0.05, 0) is 12.1 Å². The van der Waals surface area contributed by atoms with Crippen molar-refractivity contribution in [2.24, 2.45) is 0 Å². The molecule has 1 unspecified atom stereocenters. The second-order valence-electron chi connectivity index (χ2n) is 1.68. The van der Waals surface area contributed by atoms with Gasteiger partial charge in [-0.1, -0.05) is 32.0 Å². The van der Waals surface area contributed by atoms with Crippen LogP contribution in [0.1, 0.15) is 13.8 Å². The normalized spacial score (nSPS) is 10.9. The van der Waals surface area contributed by atoms with E-state index in [1.54, 1.807) is 30.3 Å². The Morgan fingerprint density at radius 3 is 2.17 bits per heavy atom. The number of rotatable bonds is 2. The van der Waals surface area contributed by atoms with Crippen molar-refractivity contribution in [1.82, 2.24) is 0 Å². The first-order valence-electron chi connectivity index (χ1n) is 3.75. The van der Waals surface area contributed by atoms with Crippen LogP contribution in [0, 0.1) is 0 Å². The minimum absolute atomic E-state index is 0.425. The first-order valence-corrected chi connectivity index (χ1v) is 5.01. The van der Waals surface area contributed by atoms with E-state index in [2.05, 4.69) is 4.52 Å². The van der Waals surface area contributed by atoms with E-state index in [1.807, 2.05) is 13.8 Å². The number of hydrogen-bond acceptors (Lipinski definition) is 2. The number of benzene rings is 1. The fourth-order valence-corrected chi connectivity index (χ4v) is 0.927. The van der Waals surface area contributed by atoms with Crippen LogP contribution >= 0.6 is 8.25 Å². The van der Waals surface area contributed by atoms with E-state index in [4.69, 9.17) is 4.89 Å². The predicted octanol–water partition coefficient (Wildman–Crippen LogP) is 2.47. The predicted molar refractivity (Wildman–Crippen MR) is 49.6 cm³/mol. The fourth-order valence-electron chi connectivity index (χ4n) is 0.589. The Morgan fingerprint density at radius 1 is 1.25 bits per heavy atom. The SMILES string of the molecule is CC.O=[PH](O)Oc1ccccc1. The van der Waals surface area contributed by atoms with Crippen LogP contribution in [0.25, 0.3) is 0 Å². The van der Waals surface area contributed by atoms with Crippen molar-refractivity contribution in [3.63, 3.8) is 0 Å². The summed E-state index contributed by atoms with van der Waals surface area (Å²) < 4.78 is 14.6. The molecule has 0 saturated carbocycles. The Kier molecular flexibility index (Phi) is 6.44. The molecule has 1 atom stereocenters. The summed E-state index contributed by atoms with van der Waals surface area (Å²) in [6.45, 7) is 4.00. The molecule has 0 radical (unpaired) electrons. The molecule has 0 aliphatic heterocycles. The lowest BCUT2D eigenvalue weighted by molar-refractivity contribution is 0.410. The smallest absolute Gasteiger partial charge is 0.365 e. The van der Waals surface area contributed by atoms with E-state index in [0.29, 0.717) is 5.75 Å². The van der Waals surface area contributed by atoms with Gasteiger partial charge in [0.15, 0.2) is 0 Å². The molecule has 4 heteroatoms. The standard InChI is InChI=1S/C6H7O3P.C2H6/c7-10(8)9-6-4-2-1-3-5-6;1-2/h1-5,10H,(H,7,8);1-2H3. The van der Waals surface area contributed by atoms with Crippen molar-refractivity contribution in [2.75, 3.05) is 0 Å². The van der Waals surface area contributed by atoms with Crippen molar-refractivity contribution >= 4 is 8.25 Å². The maximum absolute atomic E-state index is 10.1. The summed E-state index contributed by atoms with van der Waals surface area (Å²) in [6.07, 6.45) is 0. The molecule has 12 heavy (non-hydrogen) atoms. The molecule has 0 bridgehead atoms. The number of para-hydroxylation sites is 1. The highest BCUT2D eigenvalue weighted by atomic mass is 31.1. The lowest BCUT2D eigenvalue weighted by Gasteiger charge is -1.98.